The van der Waals surface area contributed by atoms with Crippen LogP contribution in [0.25, 0.3) is 5.69 Å². The lowest BCUT2D eigenvalue weighted by Crippen LogP contribution is -2.25. The molecule has 0 spiro atoms. The first-order valence-corrected chi connectivity index (χ1v) is 13.2. The molecule has 0 fully saturated rings. The van der Waals surface area contributed by atoms with Gasteiger partial charge in [-0.3, -0.25) is 14.2 Å². The van der Waals surface area contributed by atoms with Crippen molar-refractivity contribution in [2.45, 2.75) is 18.6 Å². The molecule has 0 aliphatic heterocycles. The van der Waals surface area contributed by atoms with Gasteiger partial charge in [0.2, 0.25) is 5.91 Å². The molecule has 0 saturated heterocycles. The lowest BCUT2D eigenvalue weighted by atomic mass is 10.2. The monoisotopic (exact) mass is 547 g/mol. The van der Waals surface area contributed by atoms with Crippen molar-refractivity contribution >= 4 is 29.3 Å². The molecule has 0 atom stereocenters. The minimum Gasteiger partial charge on any atom is -0.497 e. The molecule has 0 unspecified atom stereocenters. The predicted octanol–water partition coefficient (Wildman–Crippen LogP) is 4.34. The van der Waals surface area contributed by atoms with Crippen molar-refractivity contribution in [1.29, 1.82) is 0 Å². The summed E-state index contributed by atoms with van der Waals surface area (Å²) in [6.07, 6.45) is 0. The third-order valence-corrected chi connectivity index (χ3v) is 6.50. The minimum atomic E-state index is -0.304. The van der Waals surface area contributed by atoms with Gasteiger partial charge in [0.15, 0.2) is 11.0 Å². The molecule has 4 aromatic rings. The van der Waals surface area contributed by atoms with Gasteiger partial charge in [-0.05, 0) is 67.6 Å². The van der Waals surface area contributed by atoms with E-state index in [0.717, 1.165) is 11.4 Å². The Balaban J connectivity index is 1.51. The van der Waals surface area contributed by atoms with E-state index in [4.69, 9.17) is 14.2 Å². The van der Waals surface area contributed by atoms with Gasteiger partial charge in [-0.2, -0.15) is 0 Å². The molecule has 1 heterocycles. The van der Waals surface area contributed by atoms with Crippen LogP contribution >= 0.6 is 11.8 Å². The van der Waals surface area contributed by atoms with Crippen LogP contribution in [0, 0.1) is 0 Å². The predicted molar refractivity (Wildman–Crippen MR) is 149 cm³/mol. The molecule has 0 bridgehead atoms. The third kappa shape index (κ3) is 7.08. The van der Waals surface area contributed by atoms with Crippen LogP contribution in [0.3, 0.4) is 0 Å². The number of thioether (sulfide) groups is 1. The van der Waals surface area contributed by atoms with Gasteiger partial charge in [0.1, 0.15) is 17.2 Å². The normalized spacial score (nSPS) is 10.5. The Morgan fingerprint density at radius 1 is 0.897 bits per heavy atom. The summed E-state index contributed by atoms with van der Waals surface area (Å²) in [5, 5.41) is 14.9. The highest BCUT2D eigenvalue weighted by Gasteiger charge is 2.18. The Labute approximate surface area is 230 Å². The first kappa shape index (κ1) is 27.5. The maximum absolute atomic E-state index is 12.9. The lowest BCUT2D eigenvalue weighted by Gasteiger charge is -2.13. The fourth-order valence-corrected chi connectivity index (χ4v) is 4.48. The average molecular weight is 548 g/mol. The van der Waals surface area contributed by atoms with Gasteiger partial charge in [0.05, 0.1) is 38.7 Å². The molecule has 11 heteroatoms. The van der Waals surface area contributed by atoms with Gasteiger partial charge in [-0.15, -0.1) is 10.2 Å². The molecule has 10 nitrogen and oxygen atoms in total. The Morgan fingerprint density at radius 2 is 1.62 bits per heavy atom. The maximum Gasteiger partial charge on any atom is 0.255 e. The lowest BCUT2D eigenvalue weighted by molar-refractivity contribution is -0.113. The molecular formula is C28H29N5O5S. The second-order valence-corrected chi connectivity index (χ2v) is 9.05. The highest BCUT2D eigenvalue weighted by Crippen LogP contribution is 2.25. The standard InChI is InChI=1S/C28H29N5O5S/c1-4-38-22-15-11-20(12-16-22)33-25(17-29-27(35)23-7-5-6-8-24(23)37-3)31-32-28(33)39-18-26(34)30-19-9-13-21(36-2)14-10-19/h5-16H,4,17-18H2,1-3H3,(H,29,35)(H,30,34). The van der Waals surface area contributed by atoms with Crippen LogP contribution in [-0.4, -0.2) is 53.2 Å². The summed E-state index contributed by atoms with van der Waals surface area (Å²) in [7, 11) is 3.10. The summed E-state index contributed by atoms with van der Waals surface area (Å²) in [6.45, 7) is 2.58. The van der Waals surface area contributed by atoms with E-state index in [-0.39, 0.29) is 24.1 Å². The number of methoxy groups -OCH3 is 2. The van der Waals surface area contributed by atoms with E-state index in [1.165, 1.54) is 18.9 Å². The summed E-state index contributed by atoms with van der Waals surface area (Å²) in [4.78, 5) is 25.5. The molecule has 0 aliphatic carbocycles. The largest absolute Gasteiger partial charge is 0.497 e. The highest BCUT2D eigenvalue weighted by molar-refractivity contribution is 7.99. The Morgan fingerprint density at radius 3 is 2.31 bits per heavy atom. The van der Waals surface area contributed by atoms with Gasteiger partial charge in [0, 0.05) is 11.4 Å². The SMILES string of the molecule is CCOc1ccc(-n2c(CNC(=O)c3ccccc3OC)nnc2SCC(=O)Nc2ccc(OC)cc2)cc1. The van der Waals surface area contributed by atoms with Gasteiger partial charge in [-0.1, -0.05) is 23.9 Å². The molecular weight excluding hydrogens is 518 g/mol. The highest BCUT2D eigenvalue weighted by atomic mass is 32.2. The molecule has 39 heavy (non-hydrogen) atoms. The number of hydrogen-bond acceptors (Lipinski definition) is 8. The van der Waals surface area contributed by atoms with Crippen molar-refractivity contribution < 1.29 is 23.8 Å². The topological polar surface area (TPSA) is 117 Å². The zero-order valence-electron chi connectivity index (χ0n) is 21.8. The van der Waals surface area contributed by atoms with E-state index in [0.29, 0.717) is 40.3 Å². The number of nitrogens with one attached hydrogen (secondary N) is 2. The van der Waals surface area contributed by atoms with Crippen LogP contribution in [0.1, 0.15) is 23.1 Å². The number of para-hydroxylation sites is 1. The summed E-state index contributed by atoms with van der Waals surface area (Å²) in [5.74, 6) is 2.01. The molecule has 1 aromatic heterocycles. The number of carbonyl (C=O) groups is 2. The fraction of sp³-hybridized carbons (Fsp3) is 0.214. The quantitative estimate of drug-likeness (QED) is 0.252. The fourth-order valence-electron chi connectivity index (χ4n) is 3.71. The summed E-state index contributed by atoms with van der Waals surface area (Å²) in [6, 6.07) is 21.5. The summed E-state index contributed by atoms with van der Waals surface area (Å²) >= 11 is 1.24. The molecule has 2 N–H and O–H groups in total. The van der Waals surface area contributed by atoms with Crippen LogP contribution in [-0.2, 0) is 11.3 Å². The van der Waals surface area contributed by atoms with E-state index >= 15 is 0 Å². The number of benzene rings is 3. The zero-order valence-corrected chi connectivity index (χ0v) is 22.7. The van der Waals surface area contributed by atoms with E-state index in [2.05, 4.69) is 20.8 Å². The molecule has 0 radical (unpaired) electrons. The van der Waals surface area contributed by atoms with Crippen molar-refractivity contribution in [3.05, 3.63) is 84.2 Å². The van der Waals surface area contributed by atoms with Gasteiger partial charge >= 0.3 is 0 Å². The Hall–Kier alpha value is -4.51. The summed E-state index contributed by atoms with van der Waals surface area (Å²) in [5.41, 5.74) is 1.84. The molecule has 2 amide bonds. The molecule has 0 saturated carbocycles. The van der Waals surface area contributed by atoms with E-state index in [9.17, 15) is 9.59 Å². The molecule has 202 valence electrons. The van der Waals surface area contributed by atoms with Crippen LogP contribution in [0.5, 0.6) is 17.2 Å². The van der Waals surface area contributed by atoms with Crippen molar-refractivity contribution in [1.82, 2.24) is 20.1 Å². The Kier molecular flexibility index (Phi) is 9.41. The number of anilines is 1. The molecule has 3 aromatic carbocycles. The van der Waals surface area contributed by atoms with Crippen molar-refractivity contribution in [2.24, 2.45) is 0 Å². The number of carbonyl (C=O) groups excluding carboxylic acids is 2. The van der Waals surface area contributed by atoms with Crippen molar-refractivity contribution in [2.75, 3.05) is 31.9 Å². The second-order valence-electron chi connectivity index (χ2n) is 8.11. The van der Waals surface area contributed by atoms with Crippen LogP contribution in [0.2, 0.25) is 0 Å². The van der Waals surface area contributed by atoms with Crippen molar-refractivity contribution in [3.8, 4) is 22.9 Å². The number of amides is 2. The first-order chi connectivity index (χ1) is 19.0. The average Bonchev–Trinajstić information content (AvgIpc) is 3.38. The molecule has 0 aliphatic rings. The van der Waals surface area contributed by atoms with Gasteiger partial charge in [-0.25, -0.2) is 0 Å². The number of aromatic nitrogens is 3. The first-order valence-electron chi connectivity index (χ1n) is 12.2. The second kappa shape index (κ2) is 13.3. The Bertz CT molecular complexity index is 1410. The molecule has 4 rings (SSSR count). The number of hydrogen-bond donors (Lipinski definition) is 2. The maximum atomic E-state index is 12.9. The zero-order chi connectivity index (χ0) is 27.6. The number of ether oxygens (including phenoxy) is 3. The minimum absolute atomic E-state index is 0.106. The van der Waals surface area contributed by atoms with Gasteiger partial charge < -0.3 is 24.8 Å². The van der Waals surface area contributed by atoms with E-state index < -0.39 is 0 Å². The van der Waals surface area contributed by atoms with Crippen LogP contribution in [0.4, 0.5) is 5.69 Å². The van der Waals surface area contributed by atoms with Crippen molar-refractivity contribution in [3.63, 3.8) is 0 Å². The summed E-state index contributed by atoms with van der Waals surface area (Å²) < 4.78 is 17.8. The number of nitrogens with zero attached hydrogens (tertiary/aromatic N) is 3. The van der Waals surface area contributed by atoms with Crippen LogP contribution in [0.15, 0.2) is 78.0 Å². The number of rotatable bonds is 12. The van der Waals surface area contributed by atoms with E-state index in [1.54, 1.807) is 55.6 Å². The smallest absolute Gasteiger partial charge is 0.255 e. The van der Waals surface area contributed by atoms with Gasteiger partial charge in [0.25, 0.3) is 5.91 Å². The van der Waals surface area contributed by atoms with E-state index in [1.807, 2.05) is 35.8 Å². The third-order valence-electron chi connectivity index (χ3n) is 5.57. The van der Waals surface area contributed by atoms with Crippen LogP contribution < -0.4 is 24.8 Å².